The minimum atomic E-state index is -0.330. The van der Waals surface area contributed by atoms with Crippen molar-refractivity contribution >= 4 is 11.6 Å². The average molecular weight is 404 g/mol. The maximum absolute atomic E-state index is 13.9. The standard InChI is InChI=1S/C25H26FN3O/c1-16-7-9-21-23(18(16)3)29-12-4-5-22(29)25(27-21)10-13-28(14-11-25)24(30)19-8-6-17(2)20(26)15-19/h4-9,12,15,27H,10-11,13-14H2,1-3H3. The molecule has 0 unspecified atom stereocenters. The molecule has 5 rings (SSSR count). The zero-order valence-corrected chi connectivity index (χ0v) is 17.6. The summed E-state index contributed by atoms with van der Waals surface area (Å²) in [7, 11) is 0. The molecular formula is C25H26FN3O. The number of anilines is 1. The fourth-order valence-corrected chi connectivity index (χ4v) is 4.88. The predicted molar refractivity (Wildman–Crippen MR) is 117 cm³/mol. The summed E-state index contributed by atoms with van der Waals surface area (Å²) < 4.78 is 16.2. The molecular weight excluding hydrogens is 377 g/mol. The summed E-state index contributed by atoms with van der Waals surface area (Å²) >= 11 is 0. The molecule has 1 spiro atoms. The highest BCUT2D eigenvalue weighted by atomic mass is 19.1. The third kappa shape index (κ3) is 2.76. The molecule has 1 aromatic heterocycles. The molecule has 0 bridgehead atoms. The first-order chi connectivity index (χ1) is 14.4. The highest BCUT2D eigenvalue weighted by Gasteiger charge is 2.42. The second-order valence-corrected chi connectivity index (χ2v) is 8.63. The molecule has 5 heteroatoms. The van der Waals surface area contributed by atoms with Crippen LogP contribution >= 0.6 is 0 Å². The van der Waals surface area contributed by atoms with Crippen LogP contribution in [0.15, 0.2) is 48.7 Å². The van der Waals surface area contributed by atoms with E-state index in [1.54, 1.807) is 19.1 Å². The van der Waals surface area contributed by atoms with Crippen molar-refractivity contribution in [3.8, 4) is 5.69 Å². The molecule has 1 N–H and O–H groups in total. The Morgan fingerprint density at radius 1 is 1.03 bits per heavy atom. The van der Waals surface area contributed by atoms with Crippen molar-refractivity contribution in [2.45, 2.75) is 39.2 Å². The van der Waals surface area contributed by atoms with Crippen LogP contribution in [0, 0.1) is 26.6 Å². The number of fused-ring (bicyclic) bond motifs is 4. The van der Waals surface area contributed by atoms with Gasteiger partial charge in [-0.05, 0) is 80.6 Å². The normalized spacial score (nSPS) is 16.7. The number of carbonyl (C=O) groups excluding carboxylic acids is 1. The number of aromatic nitrogens is 1. The highest BCUT2D eigenvalue weighted by Crippen LogP contribution is 2.44. The summed E-state index contributed by atoms with van der Waals surface area (Å²) in [6.07, 6.45) is 3.75. The molecule has 1 saturated heterocycles. The van der Waals surface area contributed by atoms with Crippen LogP contribution in [-0.4, -0.2) is 28.5 Å². The van der Waals surface area contributed by atoms with Crippen LogP contribution in [0.5, 0.6) is 0 Å². The molecule has 0 saturated carbocycles. The summed E-state index contributed by atoms with van der Waals surface area (Å²) in [5, 5.41) is 3.82. The van der Waals surface area contributed by atoms with E-state index < -0.39 is 0 Å². The second kappa shape index (κ2) is 6.73. The van der Waals surface area contributed by atoms with Gasteiger partial charge in [0, 0.05) is 30.5 Å². The highest BCUT2D eigenvalue weighted by molar-refractivity contribution is 5.94. The maximum Gasteiger partial charge on any atom is 0.253 e. The Hall–Kier alpha value is -3.08. The Bertz CT molecular complexity index is 1160. The second-order valence-electron chi connectivity index (χ2n) is 8.63. The zero-order valence-electron chi connectivity index (χ0n) is 17.6. The fraction of sp³-hybridized carbons (Fsp3) is 0.320. The van der Waals surface area contributed by atoms with E-state index in [1.807, 2.05) is 4.90 Å². The van der Waals surface area contributed by atoms with E-state index in [-0.39, 0.29) is 17.3 Å². The molecule has 2 aliphatic rings. The monoisotopic (exact) mass is 403 g/mol. The number of piperidine rings is 1. The first-order valence-electron chi connectivity index (χ1n) is 10.5. The van der Waals surface area contributed by atoms with E-state index in [4.69, 9.17) is 0 Å². The lowest BCUT2D eigenvalue weighted by molar-refractivity contribution is 0.0676. The number of nitrogens with zero attached hydrogens (tertiary/aromatic N) is 2. The van der Waals surface area contributed by atoms with Crippen LogP contribution < -0.4 is 5.32 Å². The third-order valence-electron chi connectivity index (χ3n) is 6.88. The molecule has 30 heavy (non-hydrogen) atoms. The number of nitrogens with one attached hydrogen (secondary N) is 1. The molecule has 154 valence electrons. The first kappa shape index (κ1) is 18.9. The van der Waals surface area contributed by atoms with Gasteiger partial charge in [-0.1, -0.05) is 12.1 Å². The SMILES string of the molecule is Cc1ccc(C(=O)N2CCC3(CC2)Nc2ccc(C)c(C)c2-n2cccc23)cc1F. The van der Waals surface area contributed by atoms with Gasteiger partial charge in [-0.15, -0.1) is 0 Å². The molecule has 1 amide bonds. The topological polar surface area (TPSA) is 37.3 Å². The summed E-state index contributed by atoms with van der Waals surface area (Å²) in [6, 6.07) is 13.4. The summed E-state index contributed by atoms with van der Waals surface area (Å²) in [5.74, 6) is -0.426. The van der Waals surface area contributed by atoms with Crippen LogP contribution in [0.3, 0.4) is 0 Å². The molecule has 0 atom stereocenters. The first-order valence-corrected chi connectivity index (χ1v) is 10.5. The van der Waals surface area contributed by atoms with E-state index in [0.717, 1.165) is 18.5 Å². The summed E-state index contributed by atoms with van der Waals surface area (Å²) in [5.41, 5.74) is 6.94. The maximum atomic E-state index is 13.9. The Morgan fingerprint density at radius 2 is 1.77 bits per heavy atom. The Balaban J connectivity index is 1.43. The van der Waals surface area contributed by atoms with Gasteiger partial charge in [0.15, 0.2) is 0 Å². The van der Waals surface area contributed by atoms with Crippen molar-refractivity contribution in [1.29, 1.82) is 0 Å². The average Bonchev–Trinajstić information content (AvgIpc) is 3.24. The Morgan fingerprint density at radius 3 is 2.50 bits per heavy atom. The number of benzene rings is 2. The molecule has 0 radical (unpaired) electrons. The summed E-state index contributed by atoms with van der Waals surface area (Å²) in [4.78, 5) is 14.8. The lowest BCUT2D eigenvalue weighted by Gasteiger charge is -2.46. The van der Waals surface area contributed by atoms with Crippen LogP contribution in [0.25, 0.3) is 5.69 Å². The van der Waals surface area contributed by atoms with Crippen LogP contribution in [0.2, 0.25) is 0 Å². The van der Waals surface area contributed by atoms with Gasteiger partial charge in [-0.25, -0.2) is 4.39 Å². The van der Waals surface area contributed by atoms with E-state index in [0.29, 0.717) is 24.2 Å². The largest absolute Gasteiger partial charge is 0.372 e. The zero-order chi connectivity index (χ0) is 21.0. The van der Waals surface area contributed by atoms with E-state index in [2.05, 4.69) is 54.2 Å². The lowest BCUT2D eigenvalue weighted by atomic mass is 9.81. The van der Waals surface area contributed by atoms with Crippen molar-refractivity contribution in [2.75, 3.05) is 18.4 Å². The number of hydrogen-bond donors (Lipinski definition) is 1. The minimum absolute atomic E-state index is 0.0955. The molecule has 4 nitrogen and oxygen atoms in total. The van der Waals surface area contributed by atoms with Crippen LogP contribution in [0.4, 0.5) is 10.1 Å². The number of rotatable bonds is 1. The molecule has 3 aromatic rings. The van der Waals surface area contributed by atoms with Crippen LogP contribution in [0.1, 0.15) is 45.6 Å². The molecule has 2 aliphatic heterocycles. The number of hydrogen-bond acceptors (Lipinski definition) is 2. The number of likely N-dealkylation sites (tertiary alicyclic amines) is 1. The van der Waals surface area contributed by atoms with E-state index in [9.17, 15) is 9.18 Å². The number of carbonyl (C=O) groups is 1. The number of halogens is 1. The molecule has 3 heterocycles. The van der Waals surface area contributed by atoms with Gasteiger partial charge in [0.05, 0.1) is 16.9 Å². The van der Waals surface area contributed by atoms with Gasteiger partial charge in [-0.3, -0.25) is 4.79 Å². The van der Waals surface area contributed by atoms with Crippen molar-refractivity contribution in [3.05, 3.63) is 82.4 Å². The van der Waals surface area contributed by atoms with Gasteiger partial charge in [0.25, 0.3) is 5.91 Å². The van der Waals surface area contributed by atoms with Crippen molar-refractivity contribution in [2.24, 2.45) is 0 Å². The molecule has 0 aliphatic carbocycles. The van der Waals surface area contributed by atoms with Gasteiger partial charge in [0.2, 0.25) is 0 Å². The van der Waals surface area contributed by atoms with Crippen molar-refractivity contribution in [3.63, 3.8) is 0 Å². The Labute approximate surface area is 176 Å². The smallest absolute Gasteiger partial charge is 0.253 e. The van der Waals surface area contributed by atoms with E-state index in [1.165, 1.54) is 28.6 Å². The van der Waals surface area contributed by atoms with Crippen molar-refractivity contribution in [1.82, 2.24) is 9.47 Å². The number of amides is 1. The quantitative estimate of drug-likeness (QED) is 0.614. The van der Waals surface area contributed by atoms with Gasteiger partial charge in [-0.2, -0.15) is 0 Å². The predicted octanol–water partition coefficient (Wildman–Crippen LogP) is 5.10. The molecule has 2 aromatic carbocycles. The lowest BCUT2D eigenvalue weighted by Crippen LogP contribution is -2.51. The van der Waals surface area contributed by atoms with Crippen molar-refractivity contribution < 1.29 is 9.18 Å². The molecule has 1 fully saturated rings. The third-order valence-corrected chi connectivity index (χ3v) is 6.88. The fourth-order valence-electron chi connectivity index (χ4n) is 4.88. The minimum Gasteiger partial charge on any atom is -0.372 e. The number of aryl methyl sites for hydroxylation is 2. The van der Waals surface area contributed by atoms with Gasteiger partial charge in [0.1, 0.15) is 5.82 Å². The van der Waals surface area contributed by atoms with Gasteiger partial charge < -0.3 is 14.8 Å². The summed E-state index contributed by atoms with van der Waals surface area (Å²) in [6.45, 7) is 7.28. The van der Waals surface area contributed by atoms with Crippen LogP contribution in [-0.2, 0) is 5.54 Å². The van der Waals surface area contributed by atoms with E-state index >= 15 is 0 Å². The Kier molecular flexibility index (Phi) is 4.24. The van der Waals surface area contributed by atoms with Gasteiger partial charge >= 0.3 is 0 Å².